The van der Waals surface area contributed by atoms with Gasteiger partial charge in [-0.25, -0.2) is 13.8 Å². The summed E-state index contributed by atoms with van der Waals surface area (Å²) >= 11 is 0. The van der Waals surface area contributed by atoms with Gasteiger partial charge in [0.1, 0.15) is 5.82 Å². The molecule has 2 rings (SSSR count). The lowest BCUT2D eigenvalue weighted by molar-refractivity contribution is 0.510. The Labute approximate surface area is 90.5 Å². The SMILES string of the molecule is C#CCNc1cnc2cc(F)c(F)cc2n1. The number of hydrogen-bond donors (Lipinski definition) is 1. The molecular formula is C11H7F2N3. The van der Waals surface area contributed by atoms with Crippen LogP contribution in [0.3, 0.4) is 0 Å². The van der Waals surface area contributed by atoms with Gasteiger partial charge in [0.2, 0.25) is 0 Å². The average Bonchev–Trinajstić information content (AvgIpc) is 2.28. The van der Waals surface area contributed by atoms with Gasteiger partial charge >= 0.3 is 0 Å². The summed E-state index contributed by atoms with van der Waals surface area (Å²) in [5.74, 6) is 0.912. The third kappa shape index (κ3) is 1.91. The number of nitrogens with one attached hydrogen (secondary N) is 1. The van der Waals surface area contributed by atoms with Crippen LogP contribution in [0.4, 0.5) is 14.6 Å². The largest absolute Gasteiger partial charge is 0.358 e. The van der Waals surface area contributed by atoms with Crippen LogP contribution in [0.25, 0.3) is 11.0 Å². The molecule has 80 valence electrons. The van der Waals surface area contributed by atoms with Crippen LogP contribution in [0.1, 0.15) is 0 Å². The predicted molar refractivity (Wildman–Crippen MR) is 56.8 cm³/mol. The summed E-state index contributed by atoms with van der Waals surface area (Å²) in [6, 6.07) is 2.00. The van der Waals surface area contributed by atoms with Crippen molar-refractivity contribution in [2.75, 3.05) is 11.9 Å². The van der Waals surface area contributed by atoms with E-state index in [0.717, 1.165) is 12.1 Å². The Morgan fingerprint density at radius 3 is 2.62 bits per heavy atom. The molecule has 0 bridgehead atoms. The van der Waals surface area contributed by atoms with E-state index in [4.69, 9.17) is 6.42 Å². The quantitative estimate of drug-likeness (QED) is 0.784. The zero-order valence-electron chi connectivity index (χ0n) is 8.17. The fraction of sp³-hybridized carbons (Fsp3) is 0.0909. The van der Waals surface area contributed by atoms with E-state index in [-0.39, 0.29) is 5.52 Å². The molecule has 1 heterocycles. The fourth-order valence-corrected chi connectivity index (χ4v) is 1.23. The van der Waals surface area contributed by atoms with E-state index in [1.54, 1.807) is 0 Å². The van der Waals surface area contributed by atoms with Crippen molar-refractivity contribution in [2.45, 2.75) is 0 Å². The van der Waals surface area contributed by atoms with E-state index in [1.807, 2.05) is 0 Å². The monoisotopic (exact) mass is 219 g/mol. The maximum atomic E-state index is 12.9. The van der Waals surface area contributed by atoms with Crippen LogP contribution in [0.5, 0.6) is 0 Å². The second-order valence-corrected chi connectivity index (χ2v) is 3.07. The lowest BCUT2D eigenvalue weighted by Crippen LogP contribution is -2.01. The Hall–Kier alpha value is -2.22. The summed E-state index contributed by atoms with van der Waals surface area (Å²) in [5, 5.41) is 2.79. The van der Waals surface area contributed by atoms with Crippen LogP contribution < -0.4 is 5.32 Å². The molecule has 1 N–H and O–H groups in total. The standard InChI is InChI=1S/C11H7F2N3/c1-2-3-14-11-6-15-9-4-7(12)8(13)5-10(9)16-11/h1,4-6H,3H2,(H,14,16). The van der Waals surface area contributed by atoms with Crippen LogP contribution >= 0.6 is 0 Å². The number of hydrogen-bond acceptors (Lipinski definition) is 3. The van der Waals surface area contributed by atoms with Gasteiger partial charge in [-0.1, -0.05) is 5.92 Å². The fourth-order valence-electron chi connectivity index (χ4n) is 1.23. The molecule has 0 unspecified atom stereocenters. The van der Waals surface area contributed by atoms with Crippen LogP contribution in [-0.4, -0.2) is 16.5 Å². The molecule has 0 spiro atoms. The van der Waals surface area contributed by atoms with Gasteiger partial charge in [0, 0.05) is 12.1 Å². The second-order valence-electron chi connectivity index (χ2n) is 3.07. The van der Waals surface area contributed by atoms with Gasteiger partial charge in [-0.3, -0.25) is 4.98 Å². The van der Waals surface area contributed by atoms with Crippen molar-refractivity contribution >= 4 is 16.9 Å². The van der Waals surface area contributed by atoms with Gasteiger partial charge in [-0.15, -0.1) is 6.42 Å². The van der Waals surface area contributed by atoms with Gasteiger partial charge in [0.05, 0.1) is 23.8 Å². The van der Waals surface area contributed by atoms with Crippen LogP contribution in [0.15, 0.2) is 18.3 Å². The Balaban J connectivity index is 2.46. The van der Waals surface area contributed by atoms with Gasteiger partial charge in [0.25, 0.3) is 0 Å². The van der Waals surface area contributed by atoms with Gasteiger partial charge in [-0.2, -0.15) is 0 Å². The molecule has 0 fully saturated rings. The molecule has 0 aliphatic carbocycles. The van der Waals surface area contributed by atoms with Crippen molar-refractivity contribution in [3.05, 3.63) is 30.0 Å². The third-order valence-corrected chi connectivity index (χ3v) is 1.96. The van der Waals surface area contributed by atoms with E-state index in [9.17, 15) is 8.78 Å². The molecule has 0 amide bonds. The Bertz CT molecular complexity index is 575. The summed E-state index contributed by atoms with van der Waals surface area (Å²) in [4.78, 5) is 7.97. The summed E-state index contributed by atoms with van der Waals surface area (Å²) in [6.07, 6.45) is 6.48. The zero-order valence-corrected chi connectivity index (χ0v) is 8.17. The number of terminal acetylenes is 1. The number of halogens is 2. The highest BCUT2D eigenvalue weighted by molar-refractivity contribution is 5.75. The Morgan fingerprint density at radius 2 is 1.94 bits per heavy atom. The van der Waals surface area contributed by atoms with E-state index >= 15 is 0 Å². The molecule has 0 aliphatic heterocycles. The maximum Gasteiger partial charge on any atom is 0.161 e. The van der Waals surface area contributed by atoms with E-state index < -0.39 is 11.6 Å². The first kappa shape index (κ1) is 10.3. The topological polar surface area (TPSA) is 37.8 Å². The van der Waals surface area contributed by atoms with Crippen LogP contribution in [0, 0.1) is 24.0 Å². The molecular weight excluding hydrogens is 212 g/mol. The number of aromatic nitrogens is 2. The minimum absolute atomic E-state index is 0.279. The van der Waals surface area contributed by atoms with Crippen LogP contribution in [0.2, 0.25) is 0 Å². The van der Waals surface area contributed by atoms with Crippen molar-refractivity contribution in [1.29, 1.82) is 0 Å². The average molecular weight is 219 g/mol. The van der Waals surface area contributed by atoms with Crippen molar-refractivity contribution in [1.82, 2.24) is 9.97 Å². The molecule has 3 nitrogen and oxygen atoms in total. The minimum atomic E-state index is -0.948. The molecule has 5 heteroatoms. The summed E-state index contributed by atoms with van der Waals surface area (Å²) in [7, 11) is 0. The molecule has 0 radical (unpaired) electrons. The molecule has 0 saturated heterocycles. The van der Waals surface area contributed by atoms with Crippen LogP contribution in [-0.2, 0) is 0 Å². The Morgan fingerprint density at radius 1 is 1.25 bits per heavy atom. The predicted octanol–water partition coefficient (Wildman–Crippen LogP) is 1.95. The number of anilines is 1. The van der Waals surface area contributed by atoms with Crippen molar-refractivity contribution in [3.8, 4) is 12.3 Å². The number of rotatable bonds is 2. The van der Waals surface area contributed by atoms with E-state index in [1.165, 1.54) is 6.20 Å². The summed E-state index contributed by atoms with van der Waals surface area (Å²) in [5.41, 5.74) is 0.575. The molecule has 2 aromatic rings. The van der Waals surface area contributed by atoms with Gasteiger partial charge < -0.3 is 5.32 Å². The molecule has 1 aromatic carbocycles. The number of fused-ring (bicyclic) bond motifs is 1. The first-order valence-electron chi connectivity index (χ1n) is 4.50. The van der Waals surface area contributed by atoms with E-state index in [2.05, 4.69) is 21.2 Å². The van der Waals surface area contributed by atoms with Crippen molar-refractivity contribution < 1.29 is 8.78 Å². The molecule has 1 aromatic heterocycles. The maximum absolute atomic E-state index is 12.9. The smallest absolute Gasteiger partial charge is 0.161 e. The number of benzene rings is 1. The molecule has 16 heavy (non-hydrogen) atoms. The lowest BCUT2D eigenvalue weighted by atomic mass is 10.3. The zero-order chi connectivity index (χ0) is 11.5. The Kier molecular flexibility index (Phi) is 2.64. The summed E-state index contributed by atoms with van der Waals surface area (Å²) in [6.45, 7) is 0.295. The highest BCUT2D eigenvalue weighted by Crippen LogP contribution is 2.16. The minimum Gasteiger partial charge on any atom is -0.358 e. The second kappa shape index (κ2) is 4.11. The highest BCUT2D eigenvalue weighted by Gasteiger charge is 2.06. The molecule has 0 aliphatic rings. The highest BCUT2D eigenvalue weighted by atomic mass is 19.2. The number of nitrogens with zero attached hydrogens (tertiary/aromatic N) is 2. The normalized spacial score (nSPS) is 10.1. The first-order valence-corrected chi connectivity index (χ1v) is 4.50. The molecule has 0 atom stereocenters. The third-order valence-electron chi connectivity index (χ3n) is 1.96. The lowest BCUT2D eigenvalue weighted by Gasteiger charge is -2.03. The van der Waals surface area contributed by atoms with Gasteiger partial charge in [-0.05, 0) is 0 Å². The molecule has 0 saturated carbocycles. The first-order chi connectivity index (χ1) is 7.70. The van der Waals surface area contributed by atoms with Crippen molar-refractivity contribution in [2.24, 2.45) is 0 Å². The van der Waals surface area contributed by atoms with Crippen molar-refractivity contribution in [3.63, 3.8) is 0 Å². The summed E-state index contributed by atoms with van der Waals surface area (Å²) < 4.78 is 25.8. The van der Waals surface area contributed by atoms with Gasteiger partial charge in [0.15, 0.2) is 11.6 Å². The van der Waals surface area contributed by atoms with E-state index in [0.29, 0.717) is 17.9 Å².